The van der Waals surface area contributed by atoms with Gasteiger partial charge in [0.15, 0.2) is 0 Å². The van der Waals surface area contributed by atoms with Crippen molar-refractivity contribution in [1.82, 2.24) is 15.2 Å². The molecule has 0 bridgehead atoms. The summed E-state index contributed by atoms with van der Waals surface area (Å²) < 4.78 is 11.5. The van der Waals surface area contributed by atoms with Crippen LogP contribution in [0.25, 0.3) is 81.9 Å². The molecule has 272 valence electrons. The fraction of sp³-hybridized carbons (Fsp3) is 0.0784. The largest absolute Gasteiger partial charge is 0.456 e. The van der Waals surface area contributed by atoms with Crippen molar-refractivity contribution in [2.45, 2.75) is 18.8 Å². The molecule has 0 spiro atoms. The second-order valence-electron chi connectivity index (χ2n) is 15.1. The Balaban J connectivity index is 0.981. The monoisotopic (exact) mass is 752 g/mol. The highest BCUT2D eigenvalue weighted by Crippen LogP contribution is 2.44. The number of nitrogens with one attached hydrogen (secondary N) is 2. The normalized spacial score (nSPS) is 18.0. The van der Waals surface area contributed by atoms with E-state index in [4.69, 9.17) is 9.41 Å². The molecule has 6 heteroatoms. The number of fused-ring (bicyclic) bond motifs is 9. The number of rotatable bonds is 5. The van der Waals surface area contributed by atoms with E-state index in [-0.39, 0.29) is 18.2 Å². The predicted octanol–water partition coefficient (Wildman–Crippen LogP) is 10.8. The summed E-state index contributed by atoms with van der Waals surface area (Å²) in [4.78, 5) is 5.28. The van der Waals surface area contributed by atoms with Crippen LogP contribution in [0.4, 0.5) is 0 Å². The first-order valence-electron chi connectivity index (χ1n) is 19.6. The van der Waals surface area contributed by atoms with Crippen LogP contribution in [0.3, 0.4) is 0 Å². The molecule has 0 saturated carbocycles. The first kappa shape index (κ1) is 32.5. The molecule has 0 fully saturated rings. The summed E-state index contributed by atoms with van der Waals surface area (Å²) >= 11 is 1.88. The van der Waals surface area contributed by atoms with E-state index in [1.54, 1.807) is 0 Å². The Hall–Kier alpha value is -6.73. The van der Waals surface area contributed by atoms with Gasteiger partial charge in [-0.1, -0.05) is 133 Å². The molecule has 10 aromatic rings. The third-order valence-electron chi connectivity index (χ3n) is 11.8. The van der Waals surface area contributed by atoms with Crippen molar-refractivity contribution in [2.24, 2.45) is 10.9 Å². The minimum absolute atomic E-state index is 0.0669. The van der Waals surface area contributed by atoms with Gasteiger partial charge in [0.25, 0.3) is 0 Å². The Morgan fingerprint density at radius 2 is 1.37 bits per heavy atom. The highest BCUT2D eigenvalue weighted by molar-refractivity contribution is 7.26. The molecule has 7 aromatic carbocycles. The van der Waals surface area contributed by atoms with Crippen molar-refractivity contribution in [3.63, 3.8) is 0 Å². The molecule has 2 N–H and O–H groups in total. The van der Waals surface area contributed by atoms with Gasteiger partial charge in [-0.2, -0.15) is 0 Å². The van der Waals surface area contributed by atoms with Gasteiger partial charge in [-0.25, -0.2) is 4.99 Å². The maximum atomic E-state index is 6.51. The molecular formula is C51H36N4OS. The summed E-state index contributed by atoms with van der Waals surface area (Å²) in [6.07, 6.45) is 5.28. The number of benzene rings is 7. The molecule has 3 unspecified atom stereocenters. The van der Waals surface area contributed by atoms with Crippen molar-refractivity contribution in [1.29, 1.82) is 0 Å². The fourth-order valence-corrected chi connectivity index (χ4v) is 10.4. The molecule has 57 heavy (non-hydrogen) atoms. The zero-order valence-corrected chi connectivity index (χ0v) is 31.7. The topological polar surface area (TPSA) is 54.5 Å². The summed E-state index contributed by atoms with van der Waals surface area (Å²) in [6, 6.07) is 58.7. The van der Waals surface area contributed by atoms with Crippen LogP contribution in [0.1, 0.15) is 23.7 Å². The molecule has 12 rings (SSSR count). The molecule has 1 aliphatic carbocycles. The highest BCUT2D eigenvalue weighted by atomic mass is 32.1. The molecule has 5 nitrogen and oxygen atoms in total. The molecular weight excluding hydrogens is 717 g/mol. The molecule has 2 aliphatic rings. The number of aliphatic imine (C=N–C) groups is 1. The smallest absolute Gasteiger partial charge is 0.135 e. The van der Waals surface area contributed by atoms with Gasteiger partial charge >= 0.3 is 0 Å². The van der Waals surface area contributed by atoms with E-state index in [9.17, 15) is 0 Å². The number of para-hydroxylation sites is 2. The van der Waals surface area contributed by atoms with Crippen molar-refractivity contribution in [3.05, 3.63) is 186 Å². The third-order valence-corrected chi connectivity index (χ3v) is 13.0. The van der Waals surface area contributed by atoms with E-state index in [0.717, 1.165) is 39.4 Å². The first-order valence-corrected chi connectivity index (χ1v) is 20.5. The van der Waals surface area contributed by atoms with Gasteiger partial charge in [0, 0.05) is 48.3 Å². The van der Waals surface area contributed by atoms with E-state index in [0.29, 0.717) is 0 Å². The number of nitrogens with zero attached hydrogens (tertiary/aromatic N) is 2. The van der Waals surface area contributed by atoms with E-state index in [2.05, 4.69) is 185 Å². The summed E-state index contributed by atoms with van der Waals surface area (Å²) in [5, 5.41) is 14.9. The second kappa shape index (κ2) is 12.9. The van der Waals surface area contributed by atoms with Crippen molar-refractivity contribution in [3.8, 4) is 16.8 Å². The van der Waals surface area contributed by atoms with Crippen molar-refractivity contribution >= 4 is 82.3 Å². The summed E-state index contributed by atoms with van der Waals surface area (Å²) in [7, 11) is 0. The lowest BCUT2D eigenvalue weighted by molar-refractivity contribution is 0.350. The Bertz CT molecular complexity index is 3300. The number of hydrogen-bond acceptors (Lipinski definition) is 5. The minimum Gasteiger partial charge on any atom is -0.456 e. The van der Waals surface area contributed by atoms with Gasteiger partial charge in [0.1, 0.15) is 29.2 Å². The zero-order valence-electron chi connectivity index (χ0n) is 30.9. The first-order chi connectivity index (χ1) is 28.2. The van der Waals surface area contributed by atoms with Crippen molar-refractivity contribution in [2.75, 3.05) is 0 Å². The summed E-state index contributed by atoms with van der Waals surface area (Å²) in [6.45, 7) is 0. The van der Waals surface area contributed by atoms with Crippen LogP contribution in [0, 0.1) is 5.92 Å². The number of hydrogen-bond donors (Lipinski definition) is 2. The SMILES string of the molecule is C1=c2oc3ccc(-c4cccc5sc6c(-n7c8ccccc8c8ccccc87)cccc6c45)cc3c2=CC(C2N=C(c3ccccc3)NC(c3ccccc3)N2)C1. The Morgan fingerprint density at radius 1 is 0.649 bits per heavy atom. The van der Waals surface area contributed by atoms with Crippen LogP contribution in [0.5, 0.6) is 0 Å². The average molecular weight is 753 g/mol. The number of furan rings is 1. The molecule has 1 aliphatic heterocycles. The fourth-order valence-electron chi connectivity index (χ4n) is 9.16. The maximum absolute atomic E-state index is 6.51. The van der Waals surface area contributed by atoms with Crippen LogP contribution in [0.2, 0.25) is 0 Å². The maximum Gasteiger partial charge on any atom is 0.135 e. The van der Waals surface area contributed by atoms with E-state index in [1.165, 1.54) is 64.4 Å². The van der Waals surface area contributed by atoms with Gasteiger partial charge < -0.3 is 14.3 Å². The lowest BCUT2D eigenvalue weighted by atomic mass is 9.93. The number of aromatic nitrogens is 1. The number of thiophene rings is 1. The van der Waals surface area contributed by atoms with Gasteiger partial charge in [-0.05, 0) is 65.6 Å². The molecule has 0 amide bonds. The van der Waals surface area contributed by atoms with E-state index in [1.807, 2.05) is 17.4 Å². The third kappa shape index (κ3) is 5.22. The molecule has 0 radical (unpaired) electrons. The summed E-state index contributed by atoms with van der Waals surface area (Å²) in [5.41, 5.74) is 10.2. The number of amidine groups is 1. The van der Waals surface area contributed by atoms with Gasteiger partial charge in [0.05, 0.1) is 21.4 Å². The zero-order chi connectivity index (χ0) is 37.5. The Kier molecular flexibility index (Phi) is 7.37. The lowest BCUT2D eigenvalue weighted by Crippen LogP contribution is -2.51. The Morgan fingerprint density at radius 3 is 2.18 bits per heavy atom. The standard InChI is InChI=1S/C51H36N4OS/c1-3-13-31(14-4-1)49-52-50(32-15-5-2-6-16-32)54-51(53-49)34-26-28-45-40(30-34)39-29-33(25-27-44(39)56-45)35-19-12-24-46-47(35)38-20-11-23-43(48(38)57-46)55-41-21-9-7-17-36(41)37-18-8-10-22-42(37)55/h1-25,27-30,34,49,51,53H,26H2,(H,52,54). The van der Waals surface area contributed by atoms with Crippen LogP contribution >= 0.6 is 11.3 Å². The molecule has 4 heterocycles. The van der Waals surface area contributed by atoms with Crippen molar-refractivity contribution < 1.29 is 4.42 Å². The van der Waals surface area contributed by atoms with Gasteiger partial charge in [-0.3, -0.25) is 5.32 Å². The average Bonchev–Trinajstić information content (AvgIpc) is 3.96. The molecule has 3 atom stereocenters. The van der Waals surface area contributed by atoms with Crippen LogP contribution in [-0.2, 0) is 0 Å². The minimum atomic E-state index is -0.126. The second-order valence-corrected chi connectivity index (χ2v) is 16.2. The highest BCUT2D eigenvalue weighted by Gasteiger charge is 2.30. The summed E-state index contributed by atoms with van der Waals surface area (Å²) in [5.74, 6) is 1.04. The van der Waals surface area contributed by atoms with Crippen LogP contribution in [-0.4, -0.2) is 16.6 Å². The molecule has 3 aromatic heterocycles. The van der Waals surface area contributed by atoms with Crippen LogP contribution in [0.15, 0.2) is 173 Å². The Labute approximate surface area is 332 Å². The van der Waals surface area contributed by atoms with Gasteiger partial charge in [-0.15, -0.1) is 11.3 Å². The lowest BCUT2D eigenvalue weighted by Gasteiger charge is -2.35. The molecule has 0 saturated heterocycles. The predicted molar refractivity (Wildman–Crippen MR) is 237 cm³/mol. The van der Waals surface area contributed by atoms with E-state index < -0.39 is 0 Å². The van der Waals surface area contributed by atoms with Crippen LogP contribution < -0.4 is 21.3 Å². The van der Waals surface area contributed by atoms with Gasteiger partial charge in [0.2, 0.25) is 0 Å². The van der Waals surface area contributed by atoms with E-state index >= 15 is 0 Å². The quantitative estimate of drug-likeness (QED) is 0.184.